The number of aromatic nitrogens is 3. The van der Waals surface area contributed by atoms with Crippen molar-refractivity contribution in [3.05, 3.63) is 27.9 Å². The zero-order valence-corrected chi connectivity index (χ0v) is 6.14. The summed E-state index contributed by atoms with van der Waals surface area (Å²) < 4.78 is 0. The van der Waals surface area contributed by atoms with Crippen molar-refractivity contribution in [3.63, 3.8) is 0 Å². The summed E-state index contributed by atoms with van der Waals surface area (Å²) in [6, 6.07) is 1.39. The van der Waals surface area contributed by atoms with Gasteiger partial charge in [0.15, 0.2) is 0 Å². The van der Waals surface area contributed by atoms with E-state index in [9.17, 15) is 4.79 Å². The van der Waals surface area contributed by atoms with Gasteiger partial charge in [0.2, 0.25) is 10.8 Å². The molecule has 56 valence electrons. The number of fused-ring (bicyclic) bond motifs is 1. The fourth-order valence-electron chi connectivity index (χ4n) is 0.898. The van der Waals surface area contributed by atoms with Crippen LogP contribution in [0.2, 0.25) is 5.28 Å². The smallest absolute Gasteiger partial charge is 0.250 e. The maximum Gasteiger partial charge on any atom is 0.250 e. The summed E-state index contributed by atoms with van der Waals surface area (Å²) in [5, 5.41) is 0.291. The zero-order valence-electron chi connectivity index (χ0n) is 5.39. The number of rotatable bonds is 0. The Morgan fingerprint density at radius 1 is 1.55 bits per heavy atom. The molecule has 2 aromatic heterocycles. The molecule has 0 aliphatic rings. The lowest BCUT2D eigenvalue weighted by atomic mass is 10.4. The van der Waals surface area contributed by atoms with Gasteiger partial charge in [-0.1, -0.05) is 0 Å². The molecule has 2 heterocycles. The van der Waals surface area contributed by atoms with Crippen LogP contribution < -0.4 is 5.56 Å². The average Bonchev–Trinajstić information content (AvgIpc) is 2.27. The second-order valence-corrected chi connectivity index (χ2v) is 2.48. The number of halogens is 1. The Labute approximate surface area is 66.2 Å². The van der Waals surface area contributed by atoms with E-state index in [0.29, 0.717) is 10.8 Å². The van der Waals surface area contributed by atoms with Crippen LogP contribution in [0.15, 0.2) is 17.1 Å². The van der Waals surface area contributed by atoms with Gasteiger partial charge in [-0.3, -0.25) is 4.79 Å². The first-order chi connectivity index (χ1) is 5.25. The highest BCUT2D eigenvalue weighted by Crippen LogP contribution is 2.09. The van der Waals surface area contributed by atoms with E-state index < -0.39 is 0 Å². The molecule has 0 unspecified atom stereocenters. The van der Waals surface area contributed by atoms with E-state index >= 15 is 0 Å². The van der Waals surface area contributed by atoms with Crippen LogP contribution in [-0.2, 0) is 0 Å². The molecule has 0 aliphatic heterocycles. The van der Waals surface area contributed by atoms with Gasteiger partial charge in [-0.2, -0.15) is 0 Å². The molecule has 0 atom stereocenters. The number of hydrogen-bond donors (Lipinski definition) is 2. The van der Waals surface area contributed by atoms with Gasteiger partial charge in [-0.05, 0) is 11.6 Å². The molecule has 0 radical (unpaired) electrons. The van der Waals surface area contributed by atoms with E-state index in [1.165, 1.54) is 12.3 Å². The quantitative estimate of drug-likeness (QED) is 0.616. The lowest BCUT2D eigenvalue weighted by molar-refractivity contribution is 1.26. The Morgan fingerprint density at radius 2 is 2.36 bits per heavy atom. The van der Waals surface area contributed by atoms with Crippen molar-refractivity contribution in [1.82, 2.24) is 15.0 Å². The van der Waals surface area contributed by atoms with Gasteiger partial charge in [-0.25, -0.2) is 4.98 Å². The Kier molecular flexibility index (Phi) is 1.22. The Bertz CT molecular complexity index is 444. The van der Waals surface area contributed by atoms with Crippen LogP contribution in [0.4, 0.5) is 0 Å². The normalized spacial score (nSPS) is 10.6. The van der Waals surface area contributed by atoms with Crippen molar-refractivity contribution in [2.24, 2.45) is 0 Å². The Balaban J connectivity index is 2.92. The highest BCUT2D eigenvalue weighted by molar-refractivity contribution is 6.29. The second-order valence-electron chi connectivity index (χ2n) is 2.12. The fourth-order valence-corrected chi connectivity index (χ4v) is 1.09. The van der Waals surface area contributed by atoms with E-state index in [4.69, 9.17) is 11.6 Å². The fraction of sp³-hybridized carbons (Fsp3) is 0. The largest absolute Gasteiger partial charge is 0.327 e. The molecule has 0 spiro atoms. The number of nitrogens with zero attached hydrogens (tertiary/aromatic N) is 1. The minimum absolute atomic E-state index is 0.180. The van der Waals surface area contributed by atoms with Crippen molar-refractivity contribution < 1.29 is 0 Å². The van der Waals surface area contributed by atoms with E-state index in [2.05, 4.69) is 15.0 Å². The van der Waals surface area contributed by atoms with Crippen molar-refractivity contribution in [2.75, 3.05) is 0 Å². The first-order valence-corrected chi connectivity index (χ1v) is 3.37. The van der Waals surface area contributed by atoms with Gasteiger partial charge >= 0.3 is 0 Å². The number of pyridine rings is 1. The Morgan fingerprint density at radius 3 is 3.18 bits per heavy atom. The van der Waals surface area contributed by atoms with Crippen molar-refractivity contribution in [3.8, 4) is 0 Å². The minimum atomic E-state index is -0.180. The summed E-state index contributed by atoms with van der Waals surface area (Å²) in [6.07, 6.45) is 1.54. The standard InChI is InChI=1S/C6H4ClN3O/c7-6-9-3-1-5(11)8-2-4(3)10-6/h1-2H,(H,8,11)(H,9,10). The van der Waals surface area contributed by atoms with Crippen molar-refractivity contribution in [2.45, 2.75) is 0 Å². The van der Waals surface area contributed by atoms with Crippen LogP contribution >= 0.6 is 11.6 Å². The third-order valence-electron chi connectivity index (χ3n) is 1.36. The summed E-state index contributed by atoms with van der Waals surface area (Å²) in [7, 11) is 0. The van der Waals surface area contributed by atoms with Crippen LogP contribution in [0, 0.1) is 0 Å². The number of H-pyrrole nitrogens is 2. The summed E-state index contributed by atoms with van der Waals surface area (Å²) in [4.78, 5) is 19.9. The van der Waals surface area contributed by atoms with Gasteiger partial charge in [0.05, 0.1) is 11.0 Å². The third kappa shape index (κ3) is 1.01. The zero-order chi connectivity index (χ0) is 7.84. The van der Waals surface area contributed by atoms with E-state index in [0.717, 1.165) is 5.52 Å². The molecule has 0 aromatic carbocycles. The molecule has 11 heavy (non-hydrogen) atoms. The monoisotopic (exact) mass is 169 g/mol. The molecule has 4 nitrogen and oxygen atoms in total. The van der Waals surface area contributed by atoms with Gasteiger partial charge in [0.1, 0.15) is 0 Å². The van der Waals surface area contributed by atoms with Gasteiger partial charge in [-0.15, -0.1) is 0 Å². The molecule has 0 bridgehead atoms. The van der Waals surface area contributed by atoms with Crippen LogP contribution in [0.5, 0.6) is 0 Å². The topological polar surface area (TPSA) is 61.5 Å². The molecule has 0 saturated heterocycles. The molecule has 0 amide bonds. The lowest BCUT2D eigenvalue weighted by Gasteiger charge is -1.82. The Hall–Kier alpha value is -1.29. The predicted octanol–water partition coefficient (Wildman–Crippen LogP) is 0.905. The molecular weight excluding hydrogens is 166 g/mol. The number of aromatic amines is 2. The highest BCUT2D eigenvalue weighted by Gasteiger charge is 1.98. The van der Waals surface area contributed by atoms with Gasteiger partial charge < -0.3 is 9.97 Å². The highest BCUT2D eigenvalue weighted by atomic mass is 35.5. The molecular formula is C6H4ClN3O. The summed E-state index contributed by atoms with van der Waals surface area (Å²) in [6.45, 7) is 0. The summed E-state index contributed by atoms with van der Waals surface area (Å²) >= 11 is 5.55. The molecule has 5 heteroatoms. The lowest BCUT2D eigenvalue weighted by Crippen LogP contribution is -2.00. The number of nitrogens with one attached hydrogen (secondary N) is 2. The SMILES string of the molecule is O=c1cc2nc(Cl)[nH]c2c[nH]1. The van der Waals surface area contributed by atoms with E-state index in [1.54, 1.807) is 0 Å². The second kappa shape index (κ2) is 2.10. The molecule has 2 rings (SSSR count). The van der Waals surface area contributed by atoms with Crippen LogP contribution in [0.25, 0.3) is 11.0 Å². The first-order valence-electron chi connectivity index (χ1n) is 3.00. The van der Waals surface area contributed by atoms with Gasteiger partial charge in [0.25, 0.3) is 0 Å². The average molecular weight is 170 g/mol. The van der Waals surface area contributed by atoms with E-state index in [-0.39, 0.29) is 5.56 Å². The summed E-state index contributed by atoms with van der Waals surface area (Å²) in [5.41, 5.74) is 1.13. The molecule has 0 fully saturated rings. The van der Waals surface area contributed by atoms with Crippen LogP contribution in [0.3, 0.4) is 0 Å². The number of imidazole rings is 1. The summed E-state index contributed by atoms with van der Waals surface area (Å²) in [5.74, 6) is 0. The minimum Gasteiger partial charge on any atom is -0.327 e. The molecule has 2 N–H and O–H groups in total. The van der Waals surface area contributed by atoms with Gasteiger partial charge in [0, 0.05) is 12.3 Å². The van der Waals surface area contributed by atoms with Crippen molar-refractivity contribution >= 4 is 22.6 Å². The third-order valence-corrected chi connectivity index (χ3v) is 1.54. The number of hydrogen-bond acceptors (Lipinski definition) is 2. The first kappa shape index (κ1) is 6.42. The van der Waals surface area contributed by atoms with Crippen LogP contribution in [0.1, 0.15) is 0 Å². The maximum atomic E-state index is 10.7. The molecule has 2 aromatic rings. The van der Waals surface area contributed by atoms with E-state index in [1.807, 2.05) is 0 Å². The molecule has 0 saturated carbocycles. The maximum absolute atomic E-state index is 10.7. The van der Waals surface area contributed by atoms with Crippen molar-refractivity contribution in [1.29, 1.82) is 0 Å². The predicted molar refractivity (Wildman–Crippen MR) is 41.7 cm³/mol. The molecule has 0 aliphatic carbocycles. The van der Waals surface area contributed by atoms with Crippen LogP contribution in [-0.4, -0.2) is 15.0 Å².